The molecular formula is C19H34O2Si3. The average Bonchev–Trinajstić information content (AvgIpc) is 2.55. The molecular weight excluding hydrogens is 344 g/mol. The maximum atomic E-state index is 5.92. The van der Waals surface area contributed by atoms with Crippen molar-refractivity contribution in [2.24, 2.45) is 0 Å². The van der Waals surface area contributed by atoms with Gasteiger partial charge in [-0.25, -0.2) is 0 Å². The van der Waals surface area contributed by atoms with Crippen LogP contribution in [0, 0.1) is 0 Å². The van der Waals surface area contributed by atoms with Crippen LogP contribution in [0.5, 0.6) is 0 Å². The zero-order chi connectivity index (χ0) is 17.6. The molecule has 0 aromatic rings. The van der Waals surface area contributed by atoms with Crippen LogP contribution in [0.15, 0.2) is 46.8 Å². The fourth-order valence-corrected chi connectivity index (χ4v) is 23.5. The zero-order valence-corrected chi connectivity index (χ0v) is 20.1. The molecule has 2 aliphatic carbocycles. The van der Waals surface area contributed by atoms with Crippen molar-refractivity contribution in [3.05, 3.63) is 46.8 Å². The van der Waals surface area contributed by atoms with E-state index in [4.69, 9.17) is 9.47 Å². The molecule has 0 amide bonds. The lowest BCUT2D eigenvalue weighted by atomic mass is 9.97. The van der Waals surface area contributed by atoms with Gasteiger partial charge in [0.05, 0.1) is 19.5 Å². The van der Waals surface area contributed by atoms with Gasteiger partial charge in [0, 0.05) is 30.8 Å². The van der Waals surface area contributed by atoms with E-state index in [1.165, 1.54) is 0 Å². The number of hydrogen-bond donors (Lipinski definition) is 0. The molecule has 0 radical (unpaired) electrons. The molecule has 2 rings (SSSR count). The lowest BCUT2D eigenvalue weighted by Gasteiger charge is -2.32. The summed E-state index contributed by atoms with van der Waals surface area (Å²) in [6, 6.07) is 0. The number of hydrogen-bond acceptors (Lipinski definition) is 2. The number of ether oxygens (including phenoxy) is 2. The van der Waals surface area contributed by atoms with Gasteiger partial charge in [-0.15, -0.1) is 0 Å². The molecule has 0 fully saturated rings. The summed E-state index contributed by atoms with van der Waals surface area (Å²) in [5.41, 5.74) is -0.181. The predicted molar refractivity (Wildman–Crippen MR) is 114 cm³/mol. The summed E-state index contributed by atoms with van der Waals surface area (Å²) in [4.78, 5) is 0. The summed E-state index contributed by atoms with van der Waals surface area (Å²) >= 11 is 0. The van der Waals surface area contributed by atoms with Crippen LogP contribution < -0.4 is 0 Å². The summed E-state index contributed by atoms with van der Waals surface area (Å²) < 4.78 is 11.8. The highest BCUT2D eigenvalue weighted by atomic mass is 29.5. The first-order valence-corrected chi connectivity index (χ1v) is 19.3. The van der Waals surface area contributed by atoms with Crippen LogP contribution in [0.2, 0.25) is 6.55 Å². The van der Waals surface area contributed by atoms with Crippen molar-refractivity contribution in [2.45, 2.75) is 58.3 Å². The molecule has 5 heteroatoms. The normalized spacial score (nSPS) is 31.9. The standard InChI is InChI=1S/C19H34O2Si3/c1-6-20-18(3)12-8-16(9-13-18)24(23-22-5)17-10-14-19(4,15-11-17)21-7-2/h8-12,14,24H,6-7,13,15,22-23H2,1-5H3. The lowest BCUT2D eigenvalue weighted by Crippen LogP contribution is -2.36. The SMILES string of the molecule is CCOC1(C)C=CC([SiH]([SiH2][SiH2]C)C2=CCC(C)(OCC)C=C2)=CC1. The van der Waals surface area contributed by atoms with E-state index < -0.39 is 8.31 Å². The summed E-state index contributed by atoms with van der Waals surface area (Å²) in [5, 5.41) is 3.34. The van der Waals surface area contributed by atoms with Crippen LogP contribution in [0.3, 0.4) is 0 Å². The molecule has 0 aliphatic heterocycles. The molecule has 0 heterocycles. The van der Waals surface area contributed by atoms with Crippen LogP contribution in [0.25, 0.3) is 0 Å². The van der Waals surface area contributed by atoms with Gasteiger partial charge in [0.15, 0.2) is 0 Å². The fraction of sp³-hybridized carbons (Fsp3) is 0.579. The molecule has 24 heavy (non-hydrogen) atoms. The Morgan fingerprint density at radius 3 is 1.71 bits per heavy atom. The predicted octanol–water partition coefficient (Wildman–Crippen LogP) is 2.45. The third-order valence-corrected chi connectivity index (χ3v) is 25.4. The third-order valence-electron chi connectivity index (χ3n) is 5.07. The van der Waals surface area contributed by atoms with Gasteiger partial charge in [-0.05, 0) is 40.5 Å². The molecule has 0 bridgehead atoms. The van der Waals surface area contributed by atoms with Crippen molar-refractivity contribution in [3.63, 3.8) is 0 Å². The first kappa shape index (κ1) is 19.9. The Labute approximate surface area is 153 Å². The summed E-state index contributed by atoms with van der Waals surface area (Å²) in [5.74, 6) is 0. The first-order valence-electron chi connectivity index (χ1n) is 9.51. The quantitative estimate of drug-likeness (QED) is 0.604. The molecule has 2 nitrogen and oxygen atoms in total. The van der Waals surface area contributed by atoms with Gasteiger partial charge in [-0.2, -0.15) is 0 Å². The van der Waals surface area contributed by atoms with Crippen molar-refractivity contribution in [1.82, 2.24) is 0 Å². The second-order valence-corrected chi connectivity index (χ2v) is 23.7. The Bertz CT molecular complexity index is 507. The van der Waals surface area contributed by atoms with Gasteiger partial charge in [-0.1, -0.05) is 53.4 Å². The van der Waals surface area contributed by atoms with E-state index in [9.17, 15) is 0 Å². The first-order chi connectivity index (χ1) is 11.5. The van der Waals surface area contributed by atoms with Crippen LogP contribution in [0.4, 0.5) is 0 Å². The molecule has 2 unspecified atom stereocenters. The van der Waals surface area contributed by atoms with E-state index in [0.29, 0.717) is 0 Å². The molecule has 2 aliphatic rings. The van der Waals surface area contributed by atoms with Gasteiger partial charge < -0.3 is 9.47 Å². The van der Waals surface area contributed by atoms with Crippen molar-refractivity contribution in [1.29, 1.82) is 0 Å². The van der Waals surface area contributed by atoms with Gasteiger partial charge in [-0.3, -0.25) is 0 Å². The summed E-state index contributed by atoms with van der Waals surface area (Å²) in [7, 11) is -0.616. The van der Waals surface area contributed by atoms with Gasteiger partial charge >= 0.3 is 0 Å². The van der Waals surface area contributed by atoms with E-state index >= 15 is 0 Å². The molecule has 2 atom stereocenters. The van der Waals surface area contributed by atoms with Gasteiger partial charge in [0.2, 0.25) is 0 Å². The van der Waals surface area contributed by atoms with Gasteiger partial charge in [0.25, 0.3) is 0 Å². The highest BCUT2D eigenvalue weighted by molar-refractivity contribution is 7.40. The third kappa shape index (κ3) is 5.02. The molecule has 0 N–H and O–H groups in total. The Kier molecular flexibility index (Phi) is 7.24. The molecule has 0 spiro atoms. The van der Waals surface area contributed by atoms with Crippen molar-refractivity contribution in [2.75, 3.05) is 13.2 Å². The van der Waals surface area contributed by atoms with Crippen LogP contribution in [0.1, 0.15) is 40.5 Å². The van der Waals surface area contributed by atoms with Crippen molar-refractivity contribution >= 4 is 25.9 Å². The van der Waals surface area contributed by atoms with E-state index in [-0.39, 0.29) is 28.8 Å². The Morgan fingerprint density at radius 2 is 1.42 bits per heavy atom. The Morgan fingerprint density at radius 1 is 0.958 bits per heavy atom. The molecule has 0 saturated heterocycles. The minimum Gasteiger partial charge on any atom is -0.371 e. The zero-order valence-electron chi connectivity index (χ0n) is 16.1. The molecule has 134 valence electrons. The topological polar surface area (TPSA) is 18.5 Å². The number of rotatable bonds is 8. The summed E-state index contributed by atoms with van der Waals surface area (Å²) in [6.45, 7) is 12.6. The Hall–Kier alpha value is -0.469. The van der Waals surface area contributed by atoms with Gasteiger partial charge in [0.1, 0.15) is 0 Å². The molecule has 0 aromatic heterocycles. The molecule has 0 aromatic carbocycles. The highest BCUT2D eigenvalue weighted by Crippen LogP contribution is 2.30. The second-order valence-electron chi connectivity index (χ2n) is 7.32. The lowest BCUT2D eigenvalue weighted by molar-refractivity contribution is 0.0150. The second kappa shape index (κ2) is 8.76. The summed E-state index contributed by atoms with van der Waals surface area (Å²) in [6.07, 6.45) is 16.5. The van der Waals surface area contributed by atoms with Crippen LogP contribution in [-0.2, 0) is 9.47 Å². The monoisotopic (exact) mass is 378 g/mol. The van der Waals surface area contributed by atoms with Crippen LogP contribution in [-0.4, -0.2) is 50.3 Å². The van der Waals surface area contributed by atoms with E-state index in [2.05, 4.69) is 70.7 Å². The minimum atomic E-state index is -0.914. The Balaban J connectivity index is 2.12. The maximum Gasteiger partial charge on any atom is 0.0871 e. The minimum absolute atomic E-state index is 0.0906. The fourth-order valence-electron chi connectivity index (χ4n) is 3.66. The average molecular weight is 379 g/mol. The smallest absolute Gasteiger partial charge is 0.0871 e. The van der Waals surface area contributed by atoms with Crippen molar-refractivity contribution < 1.29 is 9.47 Å². The van der Waals surface area contributed by atoms with E-state index in [1.54, 1.807) is 10.4 Å². The van der Waals surface area contributed by atoms with Crippen LogP contribution >= 0.6 is 0 Å². The molecule has 0 saturated carbocycles. The van der Waals surface area contributed by atoms with Crippen molar-refractivity contribution in [3.8, 4) is 0 Å². The van der Waals surface area contributed by atoms with E-state index in [0.717, 1.165) is 26.1 Å². The largest absolute Gasteiger partial charge is 0.371 e. The highest BCUT2D eigenvalue weighted by Gasteiger charge is 2.29. The van der Waals surface area contributed by atoms with E-state index in [1.807, 2.05) is 0 Å². The maximum absolute atomic E-state index is 5.92. The number of allylic oxidation sites excluding steroid dienone is 4.